The average molecular weight is 388 g/mol. The molecular formula is C19H21N3O2S2. The lowest BCUT2D eigenvalue weighted by molar-refractivity contribution is -0.119. The Morgan fingerprint density at radius 1 is 1.35 bits per heavy atom. The van der Waals surface area contributed by atoms with Gasteiger partial charge in [0.25, 0.3) is 5.56 Å². The normalized spacial score (nSPS) is 12.3. The van der Waals surface area contributed by atoms with E-state index in [0.717, 1.165) is 22.4 Å². The molecule has 5 nitrogen and oxygen atoms in total. The zero-order valence-corrected chi connectivity index (χ0v) is 16.6. The topological polar surface area (TPSA) is 74.8 Å². The number of benzene rings is 1. The molecule has 0 aliphatic heterocycles. The maximum atomic E-state index is 12.7. The number of H-pyrrole nitrogens is 1. The summed E-state index contributed by atoms with van der Waals surface area (Å²) >= 11 is 2.75. The number of amides is 1. The Labute approximate surface area is 160 Å². The quantitative estimate of drug-likeness (QED) is 0.496. The highest BCUT2D eigenvalue weighted by Gasteiger charge is 2.17. The fourth-order valence-corrected chi connectivity index (χ4v) is 4.45. The standard InChI is InChI=1S/C19H21N3O2S2/c1-4-11(2)20-14(23)10-25-19-21-17(24)16-15(12(3)26-18(16)22-19)13-8-6-5-7-9-13/h5-9,11H,4,10H2,1-3H3,(H,20,23)(H,21,22,24). The predicted molar refractivity (Wildman–Crippen MR) is 109 cm³/mol. The second-order valence-corrected chi connectivity index (χ2v) is 8.28. The Kier molecular flexibility index (Phi) is 5.78. The van der Waals surface area contributed by atoms with Crippen molar-refractivity contribution >= 4 is 39.2 Å². The van der Waals surface area contributed by atoms with Crippen LogP contribution in [0.4, 0.5) is 0 Å². The molecule has 1 aromatic carbocycles. The summed E-state index contributed by atoms with van der Waals surface area (Å²) < 4.78 is 0. The summed E-state index contributed by atoms with van der Waals surface area (Å²) in [7, 11) is 0. The smallest absolute Gasteiger partial charge is 0.260 e. The van der Waals surface area contributed by atoms with Crippen LogP contribution in [0.2, 0.25) is 0 Å². The van der Waals surface area contributed by atoms with E-state index in [9.17, 15) is 9.59 Å². The molecule has 2 N–H and O–H groups in total. The van der Waals surface area contributed by atoms with Crippen LogP contribution >= 0.6 is 23.1 Å². The van der Waals surface area contributed by atoms with Gasteiger partial charge in [-0.3, -0.25) is 9.59 Å². The number of carbonyl (C=O) groups excluding carboxylic acids is 1. The maximum Gasteiger partial charge on any atom is 0.260 e. The molecule has 3 aromatic rings. The Bertz CT molecular complexity index is 980. The van der Waals surface area contributed by atoms with Gasteiger partial charge in [-0.1, -0.05) is 49.0 Å². The fraction of sp³-hybridized carbons (Fsp3) is 0.316. The van der Waals surface area contributed by atoms with Crippen LogP contribution in [-0.4, -0.2) is 27.7 Å². The summed E-state index contributed by atoms with van der Waals surface area (Å²) in [6.45, 7) is 5.99. The Morgan fingerprint density at radius 3 is 2.77 bits per heavy atom. The molecule has 2 heterocycles. The van der Waals surface area contributed by atoms with Crippen LogP contribution in [-0.2, 0) is 4.79 Å². The van der Waals surface area contributed by atoms with Crippen LogP contribution in [0.25, 0.3) is 21.3 Å². The zero-order valence-electron chi connectivity index (χ0n) is 15.0. The van der Waals surface area contributed by atoms with Crippen molar-refractivity contribution in [2.24, 2.45) is 0 Å². The number of aromatic amines is 1. The van der Waals surface area contributed by atoms with Gasteiger partial charge in [0.1, 0.15) is 4.83 Å². The number of nitrogens with zero attached hydrogens (tertiary/aromatic N) is 1. The largest absolute Gasteiger partial charge is 0.353 e. The number of rotatable bonds is 6. The van der Waals surface area contributed by atoms with Gasteiger partial charge in [-0.05, 0) is 25.8 Å². The average Bonchev–Trinajstić information content (AvgIpc) is 2.97. The molecule has 26 heavy (non-hydrogen) atoms. The summed E-state index contributed by atoms with van der Waals surface area (Å²) in [5, 5.41) is 4.00. The zero-order chi connectivity index (χ0) is 18.7. The van der Waals surface area contributed by atoms with Crippen molar-refractivity contribution in [1.29, 1.82) is 0 Å². The fourth-order valence-electron chi connectivity index (χ4n) is 2.67. The number of nitrogens with one attached hydrogen (secondary N) is 2. The second kappa shape index (κ2) is 8.05. The molecule has 0 spiro atoms. The molecule has 0 radical (unpaired) electrons. The van der Waals surface area contributed by atoms with Crippen molar-refractivity contribution in [2.45, 2.75) is 38.4 Å². The summed E-state index contributed by atoms with van der Waals surface area (Å²) in [6, 6.07) is 10.0. The number of carbonyl (C=O) groups is 1. The van der Waals surface area contributed by atoms with Crippen molar-refractivity contribution in [3.8, 4) is 11.1 Å². The first-order chi connectivity index (χ1) is 12.5. The first-order valence-corrected chi connectivity index (χ1v) is 10.3. The van der Waals surface area contributed by atoms with Gasteiger partial charge in [-0.2, -0.15) is 0 Å². The molecule has 2 aromatic heterocycles. The molecule has 7 heteroatoms. The molecular weight excluding hydrogens is 366 g/mol. The molecule has 1 unspecified atom stereocenters. The first kappa shape index (κ1) is 18.7. The highest BCUT2D eigenvalue weighted by atomic mass is 32.2. The predicted octanol–water partition coefficient (Wildman–Crippen LogP) is 3.97. The third-order valence-electron chi connectivity index (χ3n) is 4.14. The molecule has 3 rings (SSSR count). The SMILES string of the molecule is CCC(C)NC(=O)CSc1nc2sc(C)c(-c3ccccc3)c2c(=O)[nH]1. The molecule has 0 saturated carbocycles. The van der Waals surface area contributed by atoms with E-state index < -0.39 is 0 Å². The van der Waals surface area contributed by atoms with Crippen molar-refractivity contribution in [2.75, 3.05) is 5.75 Å². The van der Waals surface area contributed by atoms with Crippen LogP contribution in [0.1, 0.15) is 25.1 Å². The van der Waals surface area contributed by atoms with E-state index in [-0.39, 0.29) is 23.3 Å². The molecule has 1 amide bonds. The second-order valence-electron chi connectivity index (χ2n) is 6.12. The third kappa shape index (κ3) is 3.99. The van der Waals surface area contributed by atoms with Crippen LogP contribution in [0.3, 0.4) is 0 Å². The Balaban J connectivity index is 1.88. The van der Waals surface area contributed by atoms with Crippen LogP contribution < -0.4 is 10.9 Å². The third-order valence-corrected chi connectivity index (χ3v) is 6.01. The van der Waals surface area contributed by atoms with Crippen LogP contribution in [0.15, 0.2) is 40.3 Å². The van der Waals surface area contributed by atoms with Crippen molar-refractivity contribution < 1.29 is 4.79 Å². The van der Waals surface area contributed by atoms with E-state index in [2.05, 4.69) is 15.3 Å². The number of thioether (sulfide) groups is 1. The Hall–Kier alpha value is -2.12. The summed E-state index contributed by atoms with van der Waals surface area (Å²) in [5.41, 5.74) is 1.78. The number of aromatic nitrogens is 2. The number of hydrogen-bond donors (Lipinski definition) is 2. The molecule has 0 bridgehead atoms. The van der Waals surface area contributed by atoms with Gasteiger partial charge in [-0.15, -0.1) is 11.3 Å². The van der Waals surface area contributed by atoms with Gasteiger partial charge in [-0.25, -0.2) is 4.98 Å². The van der Waals surface area contributed by atoms with Crippen LogP contribution in [0, 0.1) is 6.92 Å². The van der Waals surface area contributed by atoms with E-state index >= 15 is 0 Å². The Morgan fingerprint density at radius 2 is 2.08 bits per heavy atom. The number of aryl methyl sites for hydroxylation is 1. The van der Waals surface area contributed by atoms with E-state index in [1.807, 2.05) is 51.1 Å². The van der Waals surface area contributed by atoms with E-state index in [1.165, 1.54) is 23.1 Å². The van der Waals surface area contributed by atoms with E-state index in [4.69, 9.17) is 0 Å². The summed E-state index contributed by atoms with van der Waals surface area (Å²) in [4.78, 5) is 33.7. The summed E-state index contributed by atoms with van der Waals surface area (Å²) in [5.74, 6) is 0.175. The lowest BCUT2D eigenvalue weighted by Crippen LogP contribution is -2.33. The van der Waals surface area contributed by atoms with Crippen LogP contribution in [0.5, 0.6) is 0 Å². The minimum absolute atomic E-state index is 0.0561. The number of fused-ring (bicyclic) bond motifs is 1. The number of thiophene rings is 1. The van der Waals surface area contributed by atoms with Gasteiger partial charge in [0.15, 0.2) is 5.16 Å². The van der Waals surface area contributed by atoms with Gasteiger partial charge in [0.05, 0.1) is 11.1 Å². The molecule has 0 aliphatic rings. The van der Waals surface area contributed by atoms with Gasteiger partial charge < -0.3 is 10.3 Å². The van der Waals surface area contributed by atoms with E-state index in [1.54, 1.807) is 0 Å². The molecule has 0 aliphatic carbocycles. The number of hydrogen-bond acceptors (Lipinski definition) is 5. The van der Waals surface area contributed by atoms with Crippen molar-refractivity contribution in [3.63, 3.8) is 0 Å². The molecule has 0 saturated heterocycles. The molecule has 1 atom stereocenters. The minimum atomic E-state index is -0.164. The van der Waals surface area contributed by atoms with E-state index in [0.29, 0.717) is 15.4 Å². The van der Waals surface area contributed by atoms with Gasteiger partial charge in [0.2, 0.25) is 5.91 Å². The lowest BCUT2D eigenvalue weighted by atomic mass is 10.0. The van der Waals surface area contributed by atoms with Crippen molar-refractivity contribution in [1.82, 2.24) is 15.3 Å². The monoisotopic (exact) mass is 387 g/mol. The highest BCUT2D eigenvalue weighted by Crippen LogP contribution is 2.35. The summed E-state index contributed by atoms with van der Waals surface area (Å²) in [6.07, 6.45) is 0.883. The first-order valence-electron chi connectivity index (χ1n) is 8.50. The highest BCUT2D eigenvalue weighted by molar-refractivity contribution is 7.99. The van der Waals surface area contributed by atoms with Crippen molar-refractivity contribution in [3.05, 3.63) is 45.6 Å². The minimum Gasteiger partial charge on any atom is -0.353 e. The lowest BCUT2D eigenvalue weighted by Gasteiger charge is -2.10. The maximum absolute atomic E-state index is 12.7. The molecule has 136 valence electrons. The van der Waals surface area contributed by atoms with Gasteiger partial charge in [0, 0.05) is 16.5 Å². The van der Waals surface area contributed by atoms with Gasteiger partial charge >= 0.3 is 0 Å². The molecule has 0 fully saturated rings.